The van der Waals surface area contributed by atoms with Gasteiger partial charge in [0, 0.05) is 23.2 Å². The summed E-state index contributed by atoms with van der Waals surface area (Å²) in [7, 11) is 0. The van der Waals surface area contributed by atoms with E-state index in [2.05, 4.69) is 90.9 Å². The van der Waals surface area contributed by atoms with Crippen LogP contribution in [0.15, 0.2) is 73.4 Å². The van der Waals surface area contributed by atoms with Gasteiger partial charge in [0.25, 0.3) is 0 Å². The Morgan fingerprint density at radius 3 is 2.50 bits per heavy atom. The van der Waals surface area contributed by atoms with E-state index in [0.717, 1.165) is 29.4 Å². The summed E-state index contributed by atoms with van der Waals surface area (Å²) in [5, 5.41) is 0. The Balaban J connectivity index is 1.79. The predicted molar refractivity (Wildman–Crippen MR) is 114 cm³/mol. The first-order chi connectivity index (χ1) is 13.7. The molecular weight excluding hydrogens is 344 g/mol. The van der Waals surface area contributed by atoms with E-state index in [4.69, 9.17) is 9.97 Å². The molecule has 3 atom stereocenters. The van der Waals surface area contributed by atoms with Gasteiger partial charge in [0.2, 0.25) is 0 Å². The first-order valence-corrected chi connectivity index (χ1v) is 9.95. The Morgan fingerprint density at radius 2 is 1.75 bits per heavy atom. The number of allylic oxidation sites excluding steroid dienone is 1. The second kappa shape index (κ2) is 6.48. The first kappa shape index (κ1) is 17.0. The van der Waals surface area contributed by atoms with E-state index in [1.54, 1.807) is 0 Å². The number of hydrogen-bond donors (Lipinski definition) is 0. The zero-order valence-corrected chi connectivity index (χ0v) is 16.3. The van der Waals surface area contributed by atoms with E-state index in [0.29, 0.717) is 5.92 Å². The van der Waals surface area contributed by atoms with Crippen LogP contribution in [0.4, 0.5) is 23.0 Å². The maximum atomic E-state index is 5.01. The van der Waals surface area contributed by atoms with Crippen molar-refractivity contribution in [2.75, 3.05) is 9.80 Å². The fourth-order valence-corrected chi connectivity index (χ4v) is 4.67. The lowest BCUT2D eigenvalue weighted by atomic mass is 9.80. The second-order valence-corrected chi connectivity index (χ2v) is 7.53. The van der Waals surface area contributed by atoms with Crippen LogP contribution in [-0.4, -0.2) is 16.1 Å². The summed E-state index contributed by atoms with van der Waals surface area (Å²) in [5.41, 5.74) is 4.68. The van der Waals surface area contributed by atoms with Gasteiger partial charge in [0.15, 0.2) is 11.6 Å². The molecule has 4 heteroatoms. The van der Waals surface area contributed by atoms with Crippen LogP contribution in [0.5, 0.6) is 0 Å². The Hall–Kier alpha value is -3.14. The molecule has 3 aromatic rings. The highest BCUT2D eigenvalue weighted by molar-refractivity contribution is 5.86. The summed E-state index contributed by atoms with van der Waals surface area (Å²) < 4.78 is 0. The summed E-state index contributed by atoms with van der Waals surface area (Å²) in [6.07, 6.45) is 4.99. The number of anilines is 4. The van der Waals surface area contributed by atoms with Crippen molar-refractivity contribution in [1.82, 2.24) is 9.97 Å². The van der Waals surface area contributed by atoms with Crippen molar-refractivity contribution < 1.29 is 0 Å². The largest absolute Gasteiger partial charge is 0.302 e. The molecule has 2 aromatic carbocycles. The molecule has 0 bridgehead atoms. The molecule has 0 spiro atoms. The van der Waals surface area contributed by atoms with Crippen molar-refractivity contribution >= 4 is 23.0 Å². The fourth-order valence-electron chi connectivity index (χ4n) is 4.67. The van der Waals surface area contributed by atoms with Gasteiger partial charge >= 0.3 is 0 Å². The van der Waals surface area contributed by atoms with Crippen LogP contribution in [0.25, 0.3) is 0 Å². The third kappa shape index (κ3) is 2.30. The highest BCUT2D eigenvalue weighted by Crippen LogP contribution is 2.54. The number of aromatic nitrogens is 2. The molecular formula is C24H24N4. The maximum Gasteiger partial charge on any atom is 0.178 e. The minimum atomic E-state index is 0.113. The van der Waals surface area contributed by atoms with Crippen LogP contribution in [0.3, 0.4) is 0 Å². The Morgan fingerprint density at radius 1 is 1.00 bits per heavy atom. The van der Waals surface area contributed by atoms with Gasteiger partial charge < -0.3 is 9.80 Å². The fraction of sp³-hybridized carbons (Fsp3) is 0.250. The quantitative estimate of drug-likeness (QED) is 0.565. The molecule has 0 fully saturated rings. The van der Waals surface area contributed by atoms with E-state index in [1.165, 1.54) is 11.3 Å². The monoisotopic (exact) mass is 368 g/mol. The number of benzene rings is 2. The summed E-state index contributed by atoms with van der Waals surface area (Å²) in [5.74, 6) is 2.49. The van der Waals surface area contributed by atoms with Crippen molar-refractivity contribution in [2.24, 2.45) is 5.92 Å². The number of fused-ring (bicyclic) bond motifs is 5. The zero-order valence-electron chi connectivity index (χ0n) is 16.3. The Labute approximate surface area is 166 Å². The van der Waals surface area contributed by atoms with Gasteiger partial charge in [-0.05, 0) is 30.2 Å². The van der Waals surface area contributed by atoms with E-state index < -0.39 is 0 Å². The second-order valence-electron chi connectivity index (χ2n) is 7.53. The SMILES string of the molecule is C=CC1c2ccccc2N2c3nc(CC)cnc3N(c3ccccc3)C2C1C. The van der Waals surface area contributed by atoms with E-state index in [9.17, 15) is 0 Å². The molecule has 4 nitrogen and oxygen atoms in total. The molecule has 0 aliphatic carbocycles. The topological polar surface area (TPSA) is 32.3 Å². The predicted octanol–water partition coefficient (Wildman–Crippen LogP) is 5.57. The average molecular weight is 368 g/mol. The highest BCUT2D eigenvalue weighted by atomic mass is 15.5. The zero-order chi connectivity index (χ0) is 19.3. The summed E-state index contributed by atoms with van der Waals surface area (Å²) in [6.45, 7) is 8.59. The van der Waals surface area contributed by atoms with Gasteiger partial charge in [-0.2, -0.15) is 0 Å². The molecule has 1 aromatic heterocycles. The van der Waals surface area contributed by atoms with Crippen molar-refractivity contribution in [3.63, 3.8) is 0 Å². The van der Waals surface area contributed by atoms with Gasteiger partial charge in [-0.25, -0.2) is 9.97 Å². The molecule has 2 aliphatic rings. The number of aryl methyl sites for hydroxylation is 1. The number of hydrogen-bond acceptors (Lipinski definition) is 4. The van der Waals surface area contributed by atoms with E-state index in [1.807, 2.05) is 6.20 Å². The Kier molecular flexibility index (Phi) is 3.93. The van der Waals surface area contributed by atoms with E-state index in [-0.39, 0.29) is 12.1 Å². The lowest BCUT2D eigenvalue weighted by molar-refractivity contribution is 0.408. The molecule has 140 valence electrons. The van der Waals surface area contributed by atoms with Gasteiger partial charge in [0.05, 0.1) is 11.9 Å². The van der Waals surface area contributed by atoms with Crippen LogP contribution in [0, 0.1) is 5.92 Å². The molecule has 28 heavy (non-hydrogen) atoms. The lowest BCUT2D eigenvalue weighted by Crippen LogP contribution is -2.48. The van der Waals surface area contributed by atoms with Crippen molar-refractivity contribution in [1.29, 1.82) is 0 Å². The van der Waals surface area contributed by atoms with Crippen LogP contribution in [-0.2, 0) is 6.42 Å². The standard InChI is InChI=1S/C24H24N4/c1-4-17-15-25-22-23(26-17)28-21-14-10-9-13-20(21)19(5-2)16(3)24(28)27(22)18-11-7-6-8-12-18/h5-16,19,24H,2,4H2,1,3H3. The van der Waals surface area contributed by atoms with Crippen molar-refractivity contribution in [2.45, 2.75) is 32.4 Å². The molecule has 3 unspecified atom stereocenters. The molecule has 2 aliphatic heterocycles. The number of nitrogens with zero attached hydrogens (tertiary/aromatic N) is 4. The molecule has 5 rings (SSSR count). The third-order valence-electron chi connectivity index (χ3n) is 6.01. The smallest absolute Gasteiger partial charge is 0.178 e. The molecule has 0 N–H and O–H groups in total. The lowest BCUT2D eigenvalue weighted by Gasteiger charge is -2.44. The molecule has 0 saturated heterocycles. The number of rotatable bonds is 3. The minimum absolute atomic E-state index is 0.113. The van der Waals surface area contributed by atoms with Gasteiger partial charge in [0.1, 0.15) is 6.17 Å². The number of para-hydroxylation sites is 2. The molecule has 0 amide bonds. The minimum Gasteiger partial charge on any atom is -0.302 e. The average Bonchev–Trinajstić information content (AvgIpc) is 3.09. The van der Waals surface area contributed by atoms with Gasteiger partial charge in [-0.1, -0.05) is 56.3 Å². The van der Waals surface area contributed by atoms with Crippen LogP contribution in [0.1, 0.15) is 31.0 Å². The van der Waals surface area contributed by atoms with E-state index >= 15 is 0 Å². The first-order valence-electron chi connectivity index (χ1n) is 9.95. The molecule has 0 saturated carbocycles. The summed E-state index contributed by atoms with van der Waals surface area (Å²) in [6, 6.07) is 19.2. The van der Waals surface area contributed by atoms with Gasteiger partial charge in [-0.3, -0.25) is 0 Å². The third-order valence-corrected chi connectivity index (χ3v) is 6.01. The van der Waals surface area contributed by atoms with Crippen molar-refractivity contribution in [3.8, 4) is 0 Å². The Bertz CT molecular complexity index is 1030. The van der Waals surface area contributed by atoms with Crippen LogP contribution in [0.2, 0.25) is 0 Å². The molecule has 3 heterocycles. The summed E-state index contributed by atoms with van der Waals surface area (Å²) >= 11 is 0. The van der Waals surface area contributed by atoms with Crippen LogP contribution >= 0.6 is 0 Å². The summed E-state index contributed by atoms with van der Waals surface area (Å²) in [4.78, 5) is 14.6. The van der Waals surface area contributed by atoms with Gasteiger partial charge in [-0.15, -0.1) is 6.58 Å². The normalized spacial score (nSPS) is 22.4. The highest BCUT2D eigenvalue weighted by Gasteiger charge is 2.48. The van der Waals surface area contributed by atoms with Crippen LogP contribution < -0.4 is 9.80 Å². The molecule has 0 radical (unpaired) electrons. The van der Waals surface area contributed by atoms with Crippen molar-refractivity contribution in [3.05, 3.63) is 84.7 Å². The maximum absolute atomic E-state index is 5.01.